The molecule has 4 rings (SSSR count). The summed E-state index contributed by atoms with van der Waals surface area (Å²) in [6.45, 7) is 3.49. The number of carbonyl (C=O) groups is 1. The van der Waals surface area contributed by atoms with Gasteiger partial charge in [0.05, 0.1) is 22.8 Å². The average Bonchev–Trinajstić information content (AvgIpc) is 3.02. The molecule has 1 atom stereocenters. The van der Waals surface area contributed by atoms with Crippen LogP contribution in [0.25, 0.3) is 11.0 Å². The van der Waals surface area contributed by atoms with E-state index in [2.05, 4.69) is 20.6 Å². The summed E-state index contributed by atoms with van der Waals surface area (Å²) in [5.74, 6) is 1.16. The summed E-state index contributed by atoms with van der Waals surface area (Å²) in [6.07, 6.45) is 5.52. The Labute approximate surface area is 153 Å². The van der Waals surface area contributed by atoms with E-state index in [1.807, 2.05) is 54.4 Å². The first kappa shape index (κ1) is 16.8. The summed E-state index contributed by atoms with van der Waals surface area (Å²) < 4.78 is 2.15. The maximum atomic E-state index is 13.0. The quantitative estimate of drug-likeness (QED) is 0.719. The number of likely N-dealkylation sites (tertiary alicyclic amines) is 1. The third-order valence-electron chi connectivity index (χ3n) is 5.25. The maximum absolute atomic E-state index is 13.0. The van der Waals surface area contributed by atoms with Crippen molar-refractivity contribution in [2.45, 2.75) is 45.2 Å². The smallest absolute Gasteiger partial charge is 0.224 e. The van der Waals surface area contributed by atoms with Crippen LogP contribution in [0.15, 0.2) is 48.7 Å². The Kier molecular flexibility index (Phi) is 4.69. The van der Waals surface area contributed by atoms with Crippen molar-refractivity contribution in [3.8, 4) is 0 Å². The second kappa shape index (κ2) is 7.28. The molecule has 134 valence electrons. The Hall–Kier alpha value is -2.69. The standard InChI is InChI=1S/C21H24N4O/c1-16-23-18-9-2-3-10-20(18)24(16)15-12-21(26)25-14-7-5-11-19(25)17-8-4-6-13-22-17/h2-4,6,8-10,13,19H,5,7,11-12,14-15H2,1H3/t19-/m1/s1. The van der Waals surface area contributed by atoms with Gasteiger partial charge in [0.15, 0.2) is 0 Å². The van der Waals surface area contributed by atoms with E-state index in [0.29, 0.717) is 13.0 Å². The van der Waals surface area contributed by atoms with Gasteiger partial charge in [-0.1, -0.05) is 18.2 Å². The number of piperidine rings is 1. The lowest BCUT2D eigenvalue weighted by atomic mass is 9.98. The monoisotopic (exact) mass is 348 g/mol. The number of para-hydroxylation sites is 2. The van der Waals surface area contributed by atoms with Gasteiger partial charge in [0.25, 0.3) is 0 Å². The molecule has 1 saturated heterocycles. The van der Waals surface area contributed by atoms with Crippen LogP contribution in [0, 0.1) is 6.92 Å². The Morgan fingerprint density at radius 3 is 2.85 bits per heavy atom. The lowest BCUT2D eigenvalue weighted by Crippen LogP contribution is -2.39. The number of pyridine rings is 1. The Morgan fingerprint density at radius 2 is 2.00 bits per heavy atom. The molecule has 26 heavy (non-hydrogen) atoms. The van der Waals surface area contributed by atoms with E-state index < -0.39 is 0 Å². The van der Waals surface area contributed by atoms with Crippen molar-refractivity contribution >= 4 is 16.9 Å². The second-order valence-electron chi connectivity index (χ2n) is 6.90. The highest BCUT2D eigenvalue weighted by molar-refractivity contribution is 5.78. The van der Waals surface area contributed by atoms with Gasteiger partial charge in [0.1, 0.15) is 5.82 Å². The molecule has 3 aromatic rings. The van der Waals surface area contributed by atoms with Crippen molar-refractivity contribution in [1.82, 2.24) is 19.4 Å². The van der Waals surface area contributed by atoms with Gasteiger partial charge in [-0.25, -0.2) is 4.98 Å². The molecule has 0 bridgehead atoms. The Balaban J connectivity index is 1.50. The fourth-order valence-corrected chi connectivity index (χ4v) is 3.94. The molecule has 1 aliphatic rings. The van der Waals surface area contributed by atoms with E-state index in [1.165, 1.54) is 0 Å². The van der Waals surface area contributed by atoms with Gasteiger partial charge in [-0.15, -0.1) is 0 Å². The molecule has 5 heteroatoms. The molecular formula is C21H24N4O. The number of hydrogen-bond donors (Lipinski definition) is 0. The number of aryl methyl sites for hydroxylation is 2. The lowest BCUT2D eigenvalue weighted by Gasteiger charge is -2.35. The molecule has 0 saturated carbocycles. The van der Waals surface area contributed by atoms with Crippen LogP contribution < -0.4 is 0 Å². The first-order valence-electron chi connectivity index (χ1n) is 9.36. The van der Waals surface area contributed by atoms with Crippen LogP contribution in [0.1, 0.15) is 43.2 Å². The van der Waals surface area contributed by atoms with Gasteiger partial charge in [-0.2, -0.15) is 0 Å². The molecule has 0 spiro atoms. The van der Waals surface area contributed by atoms with Crippen molar-refractivity contribution in [2.24, 2.45) is 0 Å². The number of nitrogens with zero attached hydrogens (tertiary/aromatic N) is 4. The zero-order valence-corrected chi connectivity index (χ0v) is 15.1. The van der Waals surface area contributed by atoms with Crippen LogP contribution >= 0.6 is 0 Å². The normalized spacial score (nSPS) is 17.6. The average molecular weight is 348 g/mol. The molecule has 1 aliphatic heterocycles. The van der Waals surface area contributed by atoms with E-state index in [9.17, 15) is 4.79 Å². The fraction of sp³-hybridized carbons (Fsp3) is 0.381. The molecule has 3 heterocycles. The Morgan fingerprint density at radius 1 is 1.15 bits per heavy atom. The summed E-state index contributed by atoms with van der Waals surface area (Å²) in [6, 6.07) is 14.2. The van der Waals surface area contributed by atoms with Crippen LogP contribution in [-0.4, -0.2) is 31.9 Å². The minimum atomic E-state index is 0.109. The predicted octanol–water partition coefficient (Wildman–Crippen LogP) is 3.88. The number of carbonyl (C=O) groups excluding carboxylic acids is 1. The number of rotatable bonds is 4. The summed E-state index contributed by atoms with van der Waals surface area (Å²) >= 11 is 0. The minimum Gasteiger partial charge on any atom is -0.334 e. The highest BCUT2D eigenvalue weighted by Gasteiger charge is 2.28. The zero-order chi connectivity index (χ0) is 17.9. The van der Waals surface area contributed by atoms with Gasteiger partial charge < -0.3 is 9.47 Å². The summed E-state index contributed by atoms with van der Waals surface area (Å²) in [5, 5.41) is 0. The van der Waals surface area contributed by atoms with E-state index in [4.69, 9.17) is 0 Å². The van der Waals surface area contributed by atoms with Gasteiger partial charge in [0, 0.05) is 25.7 Å². The van der Waals surface area contributed by atoms with E-state index in [0.717, 1.165) is 48.4 Å². The highest BCUT2D eigenvalue weighted by Crippen LogP contribution is 2.30. The fourth-order valence-electron chi connectivity index (χ4n) is 3.94. The molecule has 0 radical (unpaired) electrons. The summed E-state index contributed by atoms with van der Waals surface area (Å²) in [7, 11) is 0. The van der Waals surface area contributed by atoms with Crippen molar-refractivity contribution in [2.75, 3.05) is 6.54 Å². The van der Waals surface area contributed by atoms with Crippen molar-refractivity contribution in [3.63, 3.8) is 0 Å². The number of benzene rings is 1. The van der Waals surface area contributed by atoms with E-state index >= 15 is 0 Å². The van der Waals surface area contributed by atoms with E-state index in [-0.39, 0.29) is 11.9 Å². The number of imidazole rings is 1. The first-order valence-corrected chi connectivity index (χ1v) is 9.36. The van der Waals surface area contributed by atoms with Crippen LogP contribution in [0.4, 0.5) is 0 Å². The molecule has 0 unspecified atom stereocenters. The molecule has 2 aromatic heterocycles. The van der Waals surface area contributed by atoms with Gasteiger partial charge in [-0.3, -0.25) is 9.78 Å². The molecule has 1 fully saturated rings. The first-order chi connectivity index (χ1) is 12.7. The van der Waals surface area contributed by atoms with Crippen LogP contribution in [0.3, 0.4) is 0 Å². The van der Waals surface area contributed by atoms with Crippen molar-refractivity contribution in [1.29, 1.82) is 0 Å². The highest BCUT2D eigenvalue weighted by atomic mass is 16.2. The van der Waals surface area contributed by atoms with E-state index in [1.54, 1.807) is 0 Å². The SMILES string of the molecule is Cc1nc2ccccc2n1CCC(=O)N1CCCC[C@@H]1c1ccccn1. The molecule has 1 aromatic carbocycles. The predicted molar refractivity (Wildman–Crippen MR) is 102 cm³/mol. The summed E-state index contributed by atoms with van der Waals surface area (Å²) in [4.78, 5) is 24.1. The lowest BCUT2D eigenvalue weighted by molar-refractivity contribution is -0.135. The summed E-state index contributed by atoms with van der Waals surface area (Å²) in [5.41, 5.74) is 3.09. The molecule has 1 amide bonds. The maximum Gasteiger partial charge on any atom is 0.224 e. The molecular weight excluding hydrogens is 324 g/mol. The molecule has 0 N–H and O–H groups in total. The second-order valence-corrected chi connectivity index (χ2v) is 6.90. The van der Waals surface area contributed by atoms with Gasteiger partial charge in [-0.05, 0) is 50.5 Å². The number of hydrogen-bond acceptors (Lipinski definition) is 3. The van der Waals surface area contributed by atoms with Crippen LogP contribution in [-0.2, 0) is 11.3 Å². The van der Waals surface area contributed by atoms with Crippen LogP contribution in [0.5, 0.6) is 0 Å². The zero-order valence-electron chi connectivity index (χ0n) is 15.1. The number of fused-ring (bicyclic) bond motifs is 1. The van der Waals surface area contributed by atoms with Crippen molar-refractivity contribution in [3.05, 3.63) is 60.2 Å². The van der Waals surface area contributed by atoms with Crippen molar-refractivity contribution < 1.29 is 4.79 Å². The Bertz CT molecular complexity index is 903. The molecule has 5 nitrogen and oxygen atoms in total. The largest absolute Gasteiger partial charge is 0.334 e. The molecule has 0 aliphatic carbocycles. The minimum absolute atomic E-state index is 0.109. The van der Waals surface area contributed by atoms with Gasteiger partial charge in [0.2, 0.25) is 5.91 Å². The third kappa shape index (κ3) is 3.21. The third-order valence-corrected chi connectivity index (χ3v) is 5.25. The topological polar surface area (TPSA) is 51.0 Å². The number of amides is 1. The van der Waals surface area contributed by atoms with Crippen LogP contribution in [0.2, 0.25) is 0 Å². The van der Waals surface area contributed by atoms with Gasteiger partial charge >= 0.3 is 0 Å². The number of aromatic nitrogens is 3.